The van der Waals surface area contributed by atoms with E-state index in [-0.39, 0.29) is 5.92 Å². The van der Waals surface area contributed by atoms with Gasteiger partial charge in [-0.2, -0.15) is 0 Å². The highest BCUT2D eigenvalue weighted by atomic mass is 16.4. The van der Waals surface area contributed by atoms with Crippen LogP contribution in [0.2, 0.25) is 0 Å². The smallest absolute Gasteiger partial charge is 0.323 e. The second-order valence-electron chi connectivity index (χ2n) is 3.96. The highest BCUT2D eigenvalue weighted by Gasteiger charge is 2.36. The zero-order chi connectivity index (χ0) is 10.5. The van der Waals surface area contributed by atoms with E-state index < -0.39 is 11.5 Å². The molecule has 0 aliphatic rings. The summed E-state index contributed by atoms with van der Waals surface area (Å²) in [6.07, 6.45) is 3.62. The molecule has 0 heterocycles. The van der Waals surface area contributed by atoms with Gasteiger partial charge in [0.25, 0.3) is 0 Å². The maximum atomic E-state index is 10.9. The van der Waals surface area contributed by atoms with Gasteiger partial charge in [0.2, 0.25) is 0 Å². The van der Waals surface area contributed by atoms with E-state index in [0.717, 1.165) is 19.3 Å². The zero-order valence-corrected chi connectivity index (χ0v) is 8.84. The number of nitrogens with two attached hydrogens (primary N) is 1. The van der Waals surface area contributed by atoms with Gasteiger partial charge in [0.15, 0.2) is 0 Å². The van der Waals surface area contributed by atoms with Crippen LogP contribution in [0.15, 0.2) is 0 Å². The van der Waals surface area contributed by atoms with Crippen molar-refractivity contribution in [3.8, 4) is 0 Å². The SMILES string of the molecule is CCCCCC(N)(C(=O)O)C(C)C. The fraction of sp³-hybridized carbons (Fsp3) is 0.900. The topological polar surface area (TPSA) is 63.3 Å². The molecule has 1 atom stereocenters. The lowest BCUT2D eigenvalue weighted by molar-refractivity contribution is -0.145. The molecule has 0 aliphatic heterocycles. The van der Waals surface area contributed by atoms with Crippen LogP contribution in [0.1, 0.15) is 46.5 Å². The molecule has 3 N–H and O–H groups in total. The van der Waals surface area contributed by atoms with Gasteiger partial charge in [-0.1, -0.05) is 40.0 Å². The van der Waals surface area contributed by atoms with E-state index in [9.17, 15) is 4.79 Å². The minimum Gasteiger partial charge on any atom is -0.480 e. The Balaban J connectivity index is 4.17. The Morgan fingerprint density at radius 3 is 2.31 bits per heavy atom. The quantitative estimate of drug-likeness (QED) is 0.625. The molecule has 0 amide bonds. The summed E-state index contributed by atoms with van der Waals surface area (Å²) in [4.78, 5) is 10.9. The minimum absolute atomic E-state index is 0.0122. The third kappa shape index (κ3) is 3.35. The third-order valence-corrected chi connectivity index (χ3v) is 2.62. The predicted molar refractivity (Wildman–Crippen MR) is 53.5 cm³/mol. The summed E-state index contributed by atoms with van der Waals surface area (Å²) < 4.78 is 0. The van der Waals surface area contributed by atoms with Gasteiger partial charge in [0.1, 0.15) is 5.54 Å². The summed E-state index contributed by atoms with van der Waals surface area (Å²) in [6, 6.07) is 0. The average Bonchev–Trinajstić information content (AvgIpc) is 2.03. The van der Waals surface area contributed by atoms with Gasteiger partial charge in [-0.25, -0.2) is 0 Å². The van der Waals surface area contributed by atoms with Crippen LogP contribution in [-0.2, 0) is 4.79 Å². The van der Waals surface area contributed by atoms with Crippen molar-refractivity contribution in [2.24, 2.45) is 11.7 Å². The van der Waals surface area contributed by atoms with Crippen molar-refractivity contribution in [3.05, 3.63) is 0 Å². The second kappa shape index (κ2) is 5.22. The molecule has 1 unspecified atom stereocenters. The minimum atomic E-state index is -1.03. The van der Waals surface area contributed by atoms with E-state index in [2.05, 4.69) is 6.92 Å². The molecule has 0 radical (unpaired) electrons. The summed E-state index contributed by atoms with van der Waals surface area (Å²) >= 11 is 0. The fourth-order valence-corrected chi connectivity index (χ4v) is 1.31. The first kappa shape index (κ1) is 12.4. The highest BCUT2D eigenvalue weighted by molar-refractivity contribution is 5.78. The number of unbranched alkanes of at least 4 members (excludes halogenated alkanes) is 2. The number of hydrogen-bond acceptors (Lipinski definition) is 2. The van der Waals surface area contributed by atoms with Crippen LogP contribution < -0.4 is 5.73 Å². The van der Waals surface area contributed by atoms with Crippen LogP contribution in [0.5, 0.6) is 0 Å². The third-order valence-electron chi connectivity index (χ3n) is 2.62. The first-order valence-electron chi connectivity index (χ1n) is 4.97. The molecule has 0 aromatic heterocycles. The molecule has 3 heteroatoms. The molecule has 0 aromatic rings. The van der Waals surface area contributed by atoms with Crippen LogP contribution in [0.3, 0.4) is 0 Å². The first-order chi connectivity index (χ1) is 5.95. The molecule has 0 aliphatic carbocycles. The number of hydrogen-bond donors (Lipinski definition) is 2. The van der Waals surface area contributed by atoms with Crippen LogP contribution in [0.25, 0.3) is 0 Å². The molecule has 0 rings (SSSR count). The van der Waals surface area contributed by atoms with Crippen molar-refractivity contribution < 1.29 is 9.90 Å². The fourth-order valence-electron chi connectivity index (χ4n) is 1.31. The molecule has 0 saturated heterocycles. The maximum Gasteiger partial charge on any atom is 0.323 e. The van der Waals surface area contributed by atoms with E-state index in [1.54, 1.807) is 0 Å². The molecular weight excluding hydrogens is 166 g/mol. The van der Waals surface area contributed by atoms with E-state index in [1.165, 1.54) is 0 Å². The maximum absolute atomic E-state index is 10.9. The second-order valence-corrected chi connectivity index (χ2v) is 3.96. The van der Waals surface area contributed by atoms with Crippen molar-refractivity contribution in [1.82, 2.24) is 0 Å². The van der Waals surface area contributed by atoms with Crippen LogP contribution in [0, 0.1) is 5.92 Å². The van der Waals surface area contributed by atoms with Crippen molar-refractivity contribution >= 4 is 5.97 Å². The van der Waals surface area contributed by atoms with Gasteiger partial charge < -0.3 is 10.8 Å². The Labute approximate surface area is 80.3 Å². The highest BCUT2D eigenvalue weighted by Crippen LogP contribution is 2.21. The molecular formula is C10H21NO2. The molecule has 0 aromatic carbocycles. The monoisotopic (exact) mass is 187 g/mol. The van der Waals surface area contributed by atoms with Crippen molar-refractivity contribution in [1.29, 1.82) is 0 Å². The zero-order valence-electron chi connectivity index (χ0n) is 8.84. The van der Waals surface area contributed by atoms with E-state index in [1.807, 2.05) is 13.8 Å². The lowest BCUT2D eigenvalue weighted by atomic mass is 9.83. The summed E-state index contributed by atoms with van der Waals surface area (Å²) in [6.45, 7) is 5.81. The summed E-state index contributed by atoms with van der Waals surface area (Å²) in [7, 11) is 0. The van der Waals surface area contributed by atoms with Gasteiger partial charge in [0.05, 0.1) is 0 Å². The number of aliphatic carboxylic acids is 1. The van der Waals surface area contributed by atoms with Gasteiger partial charge in [-0.3, -0.25) is 4.79 Å². The van der Waals surface area contributed by atoms with Gasteiger partial charge >= 0.3 is 5.97 Å². The van der Waals surface area contributed by atoms with E-state index >= 15 is 0 Å². The van der Waals surface area contributed by atoms with Crippen LogP contribution in [-0.4, -0.2) is 16.6 Å². The Bertz CT molecular complexity index is 168. The van der Waals surface area contributed by atoms with Gasteiger partial charge in [0, 0.05) is 0 Å². The van der Waals surface area contributed by atoms with Crippen molar-refractivity contribution in [3.63, 3.8) is 0 Å². The van der Waals surface area contributed by atoms with Crippen LogP contribution in [0.4, 0.5) is 0 Å². The summed E-state index contributed by atoms with van der Waals surface area (Å²) in [5.74, 6) is -0.888. The molecule has 13 heavy (non-hydrogen) atoms. The number of rotatable bonds is 6. The largest absolute Gasteiger partial charge is 0.480 e. The van der Waals surface area contributed by atoms with Crippen molar-refractivity contribution in [2.45, 2.75) is 52.0 Å². The first-order valence-corrected chi connectivity index (χ1v) is 4.97. The van der Waals surface area contributed by atoms with Gasteiger partial charge in [-0.15, -0.1) is 0 Å². The van der Waals surface area contributed by atoms with E-state index in [0.29, 0.717) is 6.42 Å². The molecule has 78 valence electrons. The predicted octanol–water partition coefficient (Wildman–Crippen LogP) is 2.00. The lowest BCUT2D eigenvalue weighted by Crippen LogP contribution is -2.52. The van der Waals surface area contributed by atoms with Crippen molar-refractivity contribution in [2.75, 3.05) is 0 Å². The summed E-state index contributed by atoms with van der Waals surface area (Å²) in [5.41, 5.74) is 4.79. The lowest BCUT2D eigenvalue weighted by Gasteiger charge is -2.28. The Kier molecular flexibility index (Phi) is 4.99. The van der Waals surface area contributed by atoms with Crippen LogP contribution >= 0.6 is 0 Å². The molecule has 3 nitrogen and oxygen atoms in total. The molecule has 0 bridgehead atoms. The Hall–Kier alpha value is -0.570. The number of carbonyl (C=O) groups is 1. The molecule has 0 fully saturated rings. The average molecular weight is 187 g/mol. The van der Waals surface area contributed by atoms with Gasteiger partial charge in [-0.05, 0) is 12.3 Å². The Morgan fingerprint density at radius 1 is 1.46 bits per heavy atom. The standard InChI is InChI=1S/C10H21NO2/c1-4-5-6-7-10(11,8(2)3)9(12)13/h8H,4-7,11H2,1-3H3,(H,12,13). The molecule has 0 saturated carbocycles. The molecule has 0 spiro atoms. The summed E-state index contributed by atoms with van der Waals surface area (Å²) in [5, 5.41) is 8.98. The normalized spacial score (nSPS) is 15.8. The Morgan fingerprint density at radius 2 is 2.00 bits per heavy atom. The number of carboxylic acid groups (broad SMARTS) is 1. The van der Waals surface area contributed by atoms with E-state index in [4.69, 9.17) is 10.8 Å². The number of carboxylic acids is 1.